The van der Waals surface area contributed by atoms with Crippen molar-refractivity contribution in [2.24, 2.45) is 0 Å². The van der Waals surface area contributed by atoms with Crippen LogP contribution in [0.1, 0.15) is 136 Å². The average Bonchev–Trinajstić information content (AvgIpc) is 2.72. The molecule has 3 N–H and O–H groups in total. The fraction of sp³-hybridized carbons (Fsp3) is 0.880. The molecule has 4 radical (unpaired) electrons. The number of Topliss-reactive ketones (excluding diaryl/α,β-unsaturated/α-hetero) is 3. The van der Waals surface area contributed by atoms with Gasteiger partial charge >= 0.3 is 0 Å². The van der Waals surface area contributed by atoms with E-state index in [1.807, 2.05) is 0 Å². The van der Waals surface area contributed by atoms with Crippen LogP contribution in [0.2, 0.25) is 0 Å². The molecule has 0 aromatic carbocycles. The zero-order valence-electron chi connectivity index (χ0n) is 20.2. The van der Waals surface area contributed by atoms with E-state index in [0.29, 0.717) is 19.3 Å². The summed E-state index contributed by atoms with van der Waals surface area (Å²) in [6.07, 6.45) is 16.4. The summed E-state index contributed by atoms with van der Waals surface area (Å²) >= 11 is 0. The van der Waals surface area contributed by atoms with Gasteiger partial charge < -0.3 is 14.1 Å². The standard InChI is InChI=1S/C25H47NO3.B/c1-4-7-10-13-16-19-22(27)25(26,23(28)20-17-14-11-8-5-2)24(29)21-18-15-12-9-6-3;/h4-21,26H2,1-3H3;/q;-1/p+1. The zero-order valence-corrected chi connectivity index (χ0v) is 20.2. The Kier molecular flexibility index (Phi) is 20.8. The number of rotatable bonds is 21. The molecule has 0 saturated heterocycles. The van der Waals surface area contributed by atoms with E-state index in [-0.39, 0.29) is 25.8 Å². The van der Waals surface area contributed by atoms with Crippen molar-refractivity contribution >= 4 is 25.8 Å². The number of ketones is 3. The number of carbonyl (C=O) groups is 3. The highest BCUT2D eigenvalue weighted by Crippen LogP contribution is 2.19. The Morgan fingerprint density at radius 3 is 0.967 bits per heavy atom. The zero-order chi connectivity index (χ0) is 22.0. The Labute approximate surface area is 188 Å². The first-order chi connectivity index (χ1) is 13.9. The molecule has 0 aromatic rings. The molecule has 0 unspecified atom stereocenters. The summed E-state index contributed by atoms with van der Waals surface area (Å²) in [7, 11) is 0. The molecule has 0 fully saturated rings. The Morgan fingerprint density at radius 1 is 0.500 bits per heavy atom. The smallest absolute Gasteiger partial charge is 0.270 e. The SMILES string of the molecule is CCCCCCCC(=O)C([NH3+])(C(=O)CCCCCCC)C(=O)CCCCCCC.[B-]. The van der Waals surface area contributed by atoms with Gasteiger partial charge in [-0.1, -0.05) is 97.8 Å². The van der Waals surface area contributed by atoms with Crippen LogP contribution in [-0.4, -0.2) is 31.3 Å². The second kappa shape index (κ2) is 20.0. The lowest BCUT2D eigenvalue weighted by atomic mass is 9.79. The van der Waals surface area contributed by atoms with E-state index in [1.165, 1.54) is 0 Å². The predicted octanol–water partition coefficient (Wildman–Crippen LogP) is 5.38. The second-order valence-corrected chi connectivity index (χ2v) is 8.67. The molecule has 0 aliphatic carbocycles. The highest BCUT2D eigenvalue weighted by molar-refractivity contribution is 6.27. The summed E-state index contributed by atoms with van der Waals surface area (Å²) < 4.78 is 0. The molecule has 0 aromatic heterocycles. The van der Waals surface area contributed by atoms with Crippen LogP contribution in [0.5, 0.6) is 0 Å². The van der Waals surface area contributed by atoms with Gasteiger partial charge in [0.25, 0.3) is 5.54 Å². The number of unbranched alkanes of at least 4 members (excludes halogenated alkanes) is 12. The van der Waals surface area contributed by atoms with Crippen LogP contribution in [0.25, 0.3) is 0 Å². The van der Waals surface area contributed by atoms with E-state index in [1.54, 1.807) is 0 Å². The van der Waals surface area contributed by atoms with Crippen LogP contribution < -0.4 is 5.73 Å². The maximum Gasteiger partial charge on any atom is 0.270 e. The fourth-order valence-corrected chi connectivity index (χ4v) is 3.77. The summed E-state index contributed by atoms with van der Waals surface area (Å²) in [5, 5.41) is 0. The molecule has 174 valence electrons. The molecule has 30 heavy (non-hydrogen) atoms. The molecule has 0 saturated carbocycles. The number of hydrogen-bond donors (Lipinski definition) is 1. The van der Waals surface area contributed by atoms with Crippen LogP contribution in [0.15, 0.2) is 0 Å². The van der Waals surface area contributed by atoms with Crippen molar-refractivity contribution in [2.45, 2.75) is 142 Å². The third-order valence-corrected chi connectivity index (χ3v) is 5.95. The van der Waals surface area contributed by atoms with Crippen LogP contribution in [-0.2, 0) is 14.4 Å². The van der Waals surface area contributed by atoms with Gasteiger partial charge in [-0.2, -0.15) is 0 Å². The van der Waals surface area contributed by atoms with Crippen LogP contribution in [0.3, 0.4) is 0 Å². The maximum absolute atomic E-state index is 12.9. The monoisotopic (exact) mass is 421 g/mol. The van der Waals surface area contributed by atoms with Crippen molar-refractivity contribution < 1.29 is 20.1 Å². The van der Waals surface area contributed by atoms with Gasteiger partial charge in [-0.05, 0) is 19.3 Å². The van der Waals surface area contributed by atoms with Crippen molar-refractivity contribution in [2.75, 3.05) is 0 Å². The first-order valence-electron chi connectivity index (χ1n) is 12.4. The molecule has 0 spiro atoms. The number of quaternary nitrogens is 1. The second-order valence-electron chi connectivity index (χ2n) is 8.67. The highest BCUT2D eigenvalue weighted by atomic mass is 16.2. The molecular weight excluding hydrogens is 373 g/mol. The van der Waals surface area contributed by atoms with Gasteiger partial charge in [0.1, 0.15) is 0 Å². The van der Waals surface area contributed by atoms with Crippen molar-refractivity contribution in [3.63, 3.8) is 0 Å². The van der Waals surface area contributed by atoms with E-state index in [9.17, 15) is 14.4 Å². The third kappa shape index (κ3) is 12.7. The summed E-state index contributed by atoms with van der Waals surface area (Å²) in [5.41, 5.74) is 2.31. The van der Waals surface area contributed by atoms with E-state index >= 15 is 0 Å². The van der Waals surface area contributed by atoms with Crippen LogP contribution in [0.4, 0.5) is 0 Å². The summed E-state index contributed by atoms with van der Waals surface area (Å²) in [6.45, 7) is 6.47. The van der Waals surface area contributed by atoms with Gasteiger partial charge in [-0.3, -0.25) is 14.4 Å². The van der Waals surface area contributed by atoms with E-state index in [0.717, 1.165) is 96.3 Å². The van der Waals surface area contributed by atoms with Gasteiger partial charge in [0.15, 0.2) is 0 Å². The molecule has 0 bridgehead atoms. The Morgan fingerprint density at radius 2 is 0.733 bits per heavy atom. The molecule has 5 heteroatoms. The predicted molar refractivity (Wildman–Crippen MR) is 127 cm³/mol. The van der Waals surface area contributed by atoms with E-state index < -0.39 is 5.54 Å². The van der Waals surface area contributed by atoms with Gasteiger partial charge in [-0.25, -0.2) is 0 Å². The number of carbonyl (C=O) groups excluding carboxylic acids is 3. The summed E-state index contributed by atoms with van der Waals surface area (Å²) in [5.74, 6) is -0.733. The van der Waals surface area contributed by atoms with Crippen molar-refractivity contribution in [3.05, 3.63) is 0 Å². The minimum atomic E-state index is -1.65. The molecular formula is C25H48BNO3. The largest absolute Gasteiger partial charge is 1.00 e. The minimum absolute atomic E-state index is 0. The van der Waals surface area contributed by atoms with Gasteiger partial charge in [0.2, 0.25) is 17.3 Å². The highest BCUT2D eigenvalue weighted by Gasteiger charge is 2.50. The van der Waals surface area contributed by atoms with Gasteiger partial charge in [-0.15, -0.1) is 0 Å². The molecule has 0 rings (SSSR count). The lowest BCUT2D eigenvalue weighted by Crippen LogP contribution is -2.84. The molecule has 0 atom stereocenters. The summed E-state index contributed by atoms with van der Waals surface area (Å²) in [6, 6.07) is 0. The molecule has 4 nitrogen and oxygen atoms in total. The van der Waals surface area contributed by atoms with Gasteiger partial charge in [0.05, 0.1) is 0 Å². The molecule has 0 aliphatic heterocycles. The van der Waals surface area contributed by atoms with Crippen molar-refractivity contribution in [1.82, 2.24) is 0 Å². The third-order valence-electron chi connectivity index (χ3n) is 5.95. The fourth-order valence-electron chi connectivity index (χ4n) is 3.77. The normalized spacial score (nSPS) is 11.2. The van der Waals surface area contributed by atoms with E-state index in [2.05, 4.69) is 26.5 Å². The van der Waals surface area contributed by atoms with Gasteiger partial charge in [0, 0.05) is 19.3 Å². The number of hydrogen-bond acceptors (Lipinski definition) is 3. The maximum atomic E-state index is 12.9. The lowest BCUT2D eigenvalue weighted by molar-refractivity contribution is -0.421. The Balaban J connectivity index is 0. The minimum Gasteiger partial charge on any atom is -1.00 e. The summed E-state index contributed by atoms with van der Waals surface area (Å²) in [4.78, 5) is 38.8. The van der Waals surface area contributed by atoms with Crippen molar-refractivity contribution in [1.29, 1.82) is 0 Å². The Bertz CT molecular complexity index is 401. The average molecular weight is 421 g/mol. The van der Waals surface area contributed by atoms with Crippen LogP contribution in [0, 0.1) is 0 Å². The van der Waals surface area contributed by atoms with Crippen molar-refractivity contribution in [3.8, 4) is 0 Å². The Hall–Kier alpha value is -0.965. The van der Waals surface area contributed by atoms with E-state index in [4.69, 9.17) is 0 Å². The first kappa shape index (κ1) is 31.2. The molecule has 0 heterocycles. The van der Waals surface area contributed by atoms with Crippen LogP contribution >= 0.6 is 0 Å². The topological polar surface area (TPSA) is 78.8 Å². The lowest BCUT2D eigenvalue weighted by Gasteiger charge is -2.22. The molecule has 0 aliphatic rings. The first-order valence-corrected chi connectivity index (χ1v) is 12.4. The molecule has 0 amide bonds. The quantitative estimate of drug-likeness (QED) is 0.154.